The topological polar surface area (TPSA) is 43.7 Å². The third kappa shape index (κ3) is 4.04. The maximum absolute atomic E-state index is 9.57. The van der Waals surface area contributed by atoms with Gasteiger partial charge in [0.25, 0.3) is 0 Å². The highest BCUT2D eigenvalue weighted by Crippen LogP contribution is 2.38. The molecule has 1 fully saturated rings. The highest BCUT2D eigenvalue weighted by molar-refractivity contribution is 4.87. The second-order valence-corrected chi connectivity index (χ2v) is 5.22. The highest BCUT2D eigenvalue weighted by Gasteiger charge is 2.34. The Labute approximate surface area is 99.5 Å². The normalized spacial score (nSPS) is 19.5. The van der Waals surface area contributed by atoms with Crippen LogP contribution in [0.2, 0.25) is 0 Å². The molecule has 0 saturated heterocycles. The predicted octanol–water partition coefficient (Wildman–Crippen LogP) is 1.63. The van der Waals surface area contributed by atoms with E-state index in [2.05, 4.69) is 11.8 Å². The molecule has 1 aliphatic rings. The summed E-state index contributed by atoms with van der Waals surface area (Å²) in [5.41, 5.74) is 0.128. The van der Waals surface area contributed by atoms with Gasteiger partial charge in [0.2, 0.25) is 0 Å². The average Bonchev–Trinajstić information content (AvgIpc) is 2.75. The molecule has 1 aliphatic carbocycles. The predicted molar refractivity (Wildman–Crippen MR) is 66.4 cm³/mol. The van der Waals surface area contributed by atoms with E-state index in [-0.39, 0.29) is 12.0 Å². The summed E-state index contributed by atoms with van der Waals surface area (Å²) in [6, 6.07) is 0. The van der Waals surface area contributed by atoms with Crippen LogP contribution >= 0.6 is 0 Å². The fraction of sp³-hybridized carbons (Fsp3) is 1.00. The van der Waals surface area contributed by atoms with Gasteiger partial charge in [-0.2, -0.15) is 0 Å². The number of hydrogen-bond donors (Lipinski definition) is 2. The molecule has 3 heteroatoms. The van der Waals surface area contributed by atoms with E-state index in [1.807, 2.05) is 0 Å². The lowest BCUT2D eigenvalue weighted by Gasteiger charge is -2.33. The van der Waals surface area contributed by atoms with Crippen molar-refractivity contribution >= 4 is 0 Å². The van der Waals surface area contributed by atoms with Gasteiger partial charge in [-0.1, -0.05) is 26.2 Å². The Bertz CT molecular complexity index is 179. The first kappa shape index (κ1) is 13.9. The van der Waals surface area contributed by atoms with Crippen molar-refractivity contribution in [2.75, 3.05) is 32.8 Å². The van der Waals surface area contributed by atoms with Crippen molar-refractivity contribution in [3.63, 3.8) is 0 Å². The summed E-state index contributed by atoms with van der Waals surface area (Å²) in [7, 11) is 0. The Hall–Kier alpha value is -0.120. The molecule has 0 spiro atoms. The summed E-state index contributed by atoms with van der Waals surface area (Å²) < 4.78 is 0. The summed E-state index contributed by atoms with van der Waals surface area (Å²) in [6.45, 7) is 5.49. The van der Waals surface area contributed by atoms with Crippen LogP contribution in [-0.4, -0.2) is 48.0 Å². The SMILES string of the molecule is CCCCN(CCO)CC1(CO)CCCC1. The van der Waals surface area contributed by atoms with Crippen molar-refractivity contribution in [3.05, 3.63) is 0 Å². The van der Waals surface area contributed by atoms with Crippen molar-refractivity contribution in [2.45, 2.75) is 45.4 Å². The lowest BCUT2D eigenvalue weighted by molar-refractivity contribution is 0.0688. The molecule has 3 nitrogen and oxygen atoms in total. The number of unbranched alkanes of at least 4 members (excludes halogenated alkanes) is 1. The Morgan fingerprint density at radius 2 is 1.81 bits per heavy atom. The van der Waals surface area contributed by atoms with Crippen LogP contribution in [0.3, 0.4) is 0 Å². The van der Waals surface area contributed by atoms with Crippen molar-refractivity contribution in [1.29, 1.82) is 0 Å². The van der Waals surface area contributed by atoms with Crippen LogP contribution in [0.25, 0.3) is 0 Å². The largest absolute Gasteiger partial charge is 0.396 e. The van der Waals surface area contributed by atoms with Gasteiger partial charge in [-0.05, 0) is 25.8 Å². The highest BCUT2D eigenvalue weighted by atomic mass is 16.3. The first-order chi connectivity index (χ1) is 7.76. The van der Waals surface area contributed by atoms with Crippen LogP contribution in [-0.2, 0) is 0 Å². The molecule has 0 atom stereocenters. The molecule has 0 unspecified atom stereocenters. The van der Waals surface area contributed by atoms with Gasteiger partial charge in [0, 0.05) is 25.1 Å². The first-order valence-corrected chi connectivity index (χ1v) is 6.70. The zero-order valence-electron chi connectivity index (χ0n) is 10.6. The Morgan fingerprint density at radius 1 is 1.12 bits per heavy atom. The quantitative estimate of drug-likeness (QED) is 0.665. The van der Waals surface area contributed by atoms with Gasteiger partial charge in [-0.3, -0.25) is 0 Å². The smallest absolute Gasteiger partial charge is 0.0558 e. The fourth-order valence-electron chi connectivity index (χ4n) is 2.76. The van der Waals surface area contributed by atoms with E-state index in [0.717, 1.165) is 32.5 Å². The molecule has 96 valence electrons. The van der Waals surface area contributed by atoms with E-state index in [0.29, 0.717) is 6.61 Å². The number of hydrogen-bond acceptors (Lipinski definition) is 3. The minimum atomic E-state index is 0.128. The van der Waals surface area contributed by atoms with Crippen LogP contribution in [0.4, 0.5) is 0 Å². The van der Waals surface area contributed by atoms with E-state index in [4.69, 9.17) is 5.11 Å². The monoisotopic (exact) mass is 229 g/mol. The van der Waals surface area contributed by atoms with Gasteiger partial charge >= 0.3 is 0 Å². The lowest BCUT2D eigenvalue weighted by atomic mass is 9.86. The Balaban J connectivity index is 2.44. The van der Waals surface area contributed by atoms with E-state index in [1.54, 1.807) is 0 Å². The maximum atomic E-state index is 9.57. The summed E-state index contributed by atoms with van der Waals surface area (Å²) in [5, 5.41) is 18.6. The van der Waals surface area contributed by atoms with Gasteiger partial charge < -0.3 is 15.1 Å². The zero-order chi connectivity index (χ0) is 11.9. The van der Waals surface area contributed by atoms with Crippen LogP contribution in [0.5, 0.6) is 0 Å². The van der Waals surface area contributed by atoms with Gasteiger partial charge in [0.1, 0.15) is 0 Å². The summed E-state index contributed by atoms with van der Waals surface area (Å²) in [4.78, 5) is 2.32. The molecule has 0 bridgehead atoms. The molecule has 1 rings (SSSR count). The number of nitrogens with zero attached hydrogens (tertiary/aromatic N) is 1. The van der Waals surface area contributed by atoms with E-state index in [9.17, 15) is 5.11 Å². The Morgan fingerprint density at radius 3 is 2.31 bits per heavy atom. The van der Waals surface area contributed by atoms with Crippen LogP contribution in [0.15, 0.2) is 0 Å². The third-order valence-electron chi connectivity index (χ3n) is 3.80. The van der Waals surface area contributed by atoms with Crippen molar-refractivity contribution in [1.82, 2.24) is 4.90 Å². The molecule has 0 amide bonds. The molecule has 0 aromatic heterocycles. The third-order valence-corrected chi connectivity index (χ3v) is 3.80. The van der Waals surface area contributed by atoms with E-state index in [1.165, 1.54) is 25.7 Å². The summed E-state index contributed by atoms with van der Waals surface area (Å²) in [5.74, 6) is 0. The first-order valence-electron chi connectivity index (χ1n) is 6.70. The second kappa shape index (κ2) is 7.25. The average molecular weight is 229 g/mol. The molecule has 2 N–H and O–H groups in total. The molecule has 0 heterocycles. The molecule has 0 aromatic rings. The zero-order valence-corrected chi connectivity index (χ0v) is 10.6. The molecule has 0 aliphatic heterocycles. The van der Waals surface area contributed by atoms with Gasteiger partial charge in [0.05, 0.1) is 6.61 Å². The fourth-order valence-corrected chi connectivity index (χ4v) is 2.76. The van der Waals surface area contributed by atoms with E-state index < -0.39 is 0 Å². The van der Waals surface area contributed by atoms with Crippen molar-refractivity contribution < 1.29 is 10.2 Å². The molecule has 1 saturated carbocycles. The minimum absolute atomic E-state index is 0.128. The lowest BCUT2D eigenvalue weighted by Crippen LogP contribution is -2.40. The minimum Gasteiger partial charge on any atom is -0.396 e. The van der Waals surface area contributed by atoms with Gasteiger partial charge in [-0.15, -0.1) is 0 Å². The molecule has 16 heavy (non-hydrogen) atoms. The standard InChI is InChI=1S/C13H27NO2/c1-2-3-8-14(9-10-15)11-13(12-16)6-4-5-7-13/h15-16H,2-12H2,1H3. The molecular weight excluding hydrogens is 202 g/mol. The summed E-state index contributed by atoms with van der Waals surface area (Å²) in [6.07, 6.45) is 7.17. The summed E-state index contributed by atoms with van der Waals surface area (Å²) >= 11 is 0. The molecule has 0 aromatic carbocycles. The number of aliphatic hydroxyl groups excluding tert-OH is 2. The second-order valence-electron chi connectivity index (χ2n) is 5.22. The van der Waals surface area contributed by atoms with Crippen molar-refractivity contribution in [2.24, 2.45) is 5.41 Å². The van der Waals surface area contributed by atoms with Crippen molar-refractivity contribution in [3.8, 4) is 0 Å². The maximum Gasteiger partial charge on any atom is 0.0558 e. The van der Waals surface area contributed by atoms with Crippen LogP contribution in [0.1, 0.15) is 45.4 Å². The number of aliphatic hydroxyl groups is 2. The molecule has 0 radical (unpaired) electrons. The van der Waals surface area contributed by atoms with Gasteiger partial charge in [-0.25, -0.2) is 0 Å². The van der Waals surface area contributed by atoms with Crippen LogP contribution in [0, 0.1) is 5.41 Å². The number of rotatable bonds is 8. The van der Waals surface area contributed by atoms with Gasteiger partial charge in [0.15, 0.2) is 0 Å². The Kier molecular flexibility index (Phi) is 6.32. The van der Waals surface area contributed by atoms with Crippen LogP contribution < -0.4 is 0 Å². The molecular formula is C13H27NO2. The van der Waals surface area contributed by atoms with E-state index >= 15 is 0 Å².